The highest BCUT2D eigenvalue weighted by Crippen LogP contribution is 2.48. The third-order valence-corrected chi connectivity index (χ3v) is 7.88. The summed E-state index contributed by atoms with van der Waals surface area (Å²) in [4.78, 5) is 27.1. The number of carbonyl (C=O) groups excluding carboxylic acids is 1. The third kappa shape index (κ3) is 6.52. The highest BCUT2D eigenvalue weighted by Gasteiger charge is 2.46. The lowest BCUT2D eigenvalue weighted by Gasteiger charge is -2.48. The molecule has 1 aliphatic rings. The van der Waals surface area contributed by atoms with E-state index in [0.717, 1.165) is 11.1 Å². The van der Waals surface area contributed by atoms with Crippen molar-refractivity contribution < 1.29 is 23.1 Å². The van der Waals surface area contributed by atoms with E-state index in [1.165, 1.54) is 6.26 Å². The minimum absolute atomic E-state index is 0.0615. The Hall–Kier alpha value is -2.09. The Morgan fingerprint density at radius 3 is 2.35 bits per heavy atom. The van der Waals surface area contributed by atoms with Crippen molar-refractivity contribution in [3.8, 4) is 0 Å². The van der Waals surface area contributed by atoms with Gasteiger partial charge in [0, 0.05) is 34.2 Å². The van der Waals surface area contributed by atoms with Crippen molar-refractivity contribution in [2.45, 2.75) is 50.6 Å². The molecule has 1 N–H and O–H groups in total. The summed E-state index contributed by atoms with van der Waals surface area (Å²) in [5.74, 6) is -2.32. The van der Waals surface area contributed by atoms with Crippen LogP contribution in [0.5, 0.6) is 0 Å². The molecule has 0 bridgehead atoms. The molecule has 6 nitrogen and oxygen atoms in total. The van der Waals surface area contributed by atoms with Crippen LogP contribution in [0.15, 0.2) is 48.5 Å². The SMILES string of the molecule is CCC(CCS(C)(=O)=O)N1C(=O)C(CC(=O)O)CC(c2cccc(Cl)c2)C1c1ccc(Cl)cc1. The predicted molar refractivity (Wildman–Crippen MR) is 134 cm³/mol. The zero-order valence-electron chi connectivity index (χ0n) is 19.2. The molecule has 9 heteroatoms. The molecule has 0 spiro atoms. The molecule has 1 amide bonds. The Labute approximate surface area is 210 Å². The normalized spacial score (nSPS) is 21.9. The molecule has 0 saturated carbocycles. The maximum absolute atomic E-state index is 13.7. The second-order valence-electron chi connectivity index (χ2n) is 8.91. The van der Waals surface area contributed by atoms with Crippen molar-refractivity contribution >= 4 is 44.9 Å². The highest BCUT2D eigenvalue weighted by molar-refractivity contribution is 7.90. The number of carbonyl (C=O) groups is 2. The molecular formula is C25H29Cl2NO5S. The summed E-state index contributed by atoms with van der Waals surface area (Å²) < 4.78 is 23.9. The van der Waals surface area contributed by atoms with Crippen molar-refractivity contribution in [3.63, 3.8) is 0 Å². The number of nitrogens with zero attached hydrogens (tertiary/aromatic N) is 1. The molecular weight excluding hydrogens is 497 g/mol. The lowest BCUT2D eigenvalue weighted by atomic mass is 9.74. The molecule has 1 aliphatic heterocycles. The van der Waals surface area contributed by atoms with Crippen LogP contribution >= 0.6 is 23.2 Å². The summed E-state index contributed by atoms with van der Waals surface area (Å²) in [5.41, 5.74) is 1.76. The van der Waals surface area contributed by atoms with Gasteiger partial charge in [0.2, 0.25) is 5.91 Å². The molecule has 34 heavy (non-hydrogen) atoms. The minimum atomic E-state index is -3.24. The fourth-order valence-corrected chi connectivity index (χ4v) is 5.89. The number of hydrogen-bond acceptors (Lipinski definition) is 4. The van der Waals surface area contributed by atoms with Crippen LogP contribution in [0.2, 0.25) is 10.0 Å². The monoisotopic (exact) mass is 525 g/mol. The smallest absolute Gasteiger partial charge is 0.304 e. The topological polar surface area (TPSA) is 91.8 Å². The van der Waals surface area contributed by atoms with Crippen molar-refractivity contribution in [1.29, 1.82) is 0 Å². The van der Waals surface area contributed by atoms with E-state index >= 15 is 0 Å². The van der Waals surface area contributed by atoms with Crippen LogP contribution in [0.4, 0.5) is 0 Å². The van der Waals surface area contributed by atoms with E-state index in [1.807, 2.05) is 37.3 Å². The van der Waals surface area contributed by atoms with Gasteiger partial charge in [-0.1, -0.05) is 54.4 Å². The lowest BCUT2D eigenvalue weighted by Crippen LogP contribution is -2.52. The van der Waals surface area contributed by atoms with Gasteiger partial charge in [-0.3, -0.25) is 9.59 Å². The highest BCUT2D eigenvalue weighted by atomic mass is 35.5. The van der Waals surface area contributed by atoms with Crippen LogP contribution in [0.25, 0.3) is 0 Å². The number of carboxylic acids is 1. The molecule has 184 valence electrons. The average Bonchev–Trinajstić information content (AvgIpc) is 2.76. The fourth-order valence-electron chi connectivity index (χ4n) is 4.86. The summed E-state index contributed by atoms with van der Waals surface area (Å²) in [7, 11) is -3.24. The second kappa shape index (κ2) is 11.1. The van der Waals surface area contributed by atoms with Gasteiger partial charge in [-0.2, -0.15) is 0 Å². The van der Waals surface area contributed by atoms with E-state index in [4.69, 9.17) is 23.2 Å². The Morgan fingerprint density at radius 1 is 1.12 bits per heavy atom. The Morgan fingerprint density at radius 2 is 1.79 bits per heavy atom. The van der Waals surface area contributed by atoms with E-state index in [9.17, 15) is 23.1 Å². The predicted octanol–water partition coefficient (Wildman–Crippen LogP) is 5.35. The zero-order valence-corrected chi connectivity index (χ0v) is 21.5. The molecule has 2 aromatic carbocycles. The first-order chi connectivity index (χ1) is 16.0. The van der Waals surface area contributed by atoms with Gasteiger partial charge < -0.3 is 10.0 Å². The molecule has 0 aromatic heterocycles. The van der Waals surface area contributed by atoms with Crippen LogP contribution in [-0.4, -0.2) is 48.4 Å². The number of rotatable bonds is 9. The van der Waals surface area contributed by atoms with Crippen molar-refractivity contribution in [3.05, 3.63) is 69.7 Å². The number of likely N-dealkylation sites (tertiary alicyclic amines) is 1. The Kier molecular flexibility index (Phi) is 8.66. The van der Waals surface area contributed by atoms with Crippen LogP contribution < -0.4 is 0 Å². The Balaban J connectivity index is 2.16. The van der Waals surface area contributed by atoms with Crippen LogP contribution in [-0.2, 0) is 19.4 Å². The summed E-state index contributed by atoms with van der Waals surface area (Å²) in [6, 6.07) is 13.8. The number of sulfone groups is 1. The van der Waals surface area contributed by atoms with E-state index < -0.39 is 27.8 Å². The summed E-state index contributed by atoms with van der Waals surface area (Å²) in [5, 5.41) is 10.6. The van der Waals surface area contributed by atoms with Crippen LogP contribution in [0, 0.1) is 5.92 Å². The third-order valence-electron chi connectivity index (χ3n) is 6.42. The number of halogens is 2. The molecule has 1 fully saturated rings. The van der Waals surface area contributed by atoms with Crippen molar-refractivity contribution in [2.24, 2.45) is 5.92 Å². The number of hydrogen-bond donors (Lipinski definition) is 1. The average molecular weight is 526 g/mol. The summed E-state index contributed by atoms with van der Waals surface area (Å²) in [6.45, 7) is 1.91. The fraction of sp³-hybridized carbons (Fsp3) is 0.440. The largest absolute Gasteiger partial charge is 0.481 e. The minimum Gasteiger partial charge on any atom is -0.481 e. The van der Waals surface area contributed by atoms with E-state index in [-0.39, 0.29) is 36.5 Å². The van der Waals surface area contributed by atoms with E-state index in [0.29, 0.717) is 22.9 Å². The molecule has 4 atom stereocenters. The number of benzene rings is 2. The second-order valence-corrected chi connectivity index (χ2v) is 12.0. The number of piperidine rings is 1. The van der Waals surface area contributed by atoms with E-state index in [2.05, 4.69) is 0 Å². The molecule has 1 saturated heterocycles. The first-order valence-corrected chi connectivity index (χ1v) is 14.0. The van der Waals surface area contributed by atoms with Gasteiger partial charge >= 0.3 is 5.97 Å². The first kappa shape index (κ1) is 26.5. The van der Waals surface area contributed by atoms with Gasteiger partial charge in [0.15, 0.2) is 0 Å². The molecule has 2 aromatic rings. The van der Waals surface area contributed by atoms with E-state index in [1.54, 1.807) is 23.1 Å². The van der Waals surface area contributed by atoms with Crippen molar-refractivity contribution in [2.75, 3.05) is 12.0 Å². The van der Waals surface area contributed by atoms with Gasteiger partial charge in [-0.25, -0.2) is 8.42 Å². The molecule has 4 unspecified atom stereocenters. The number of carboxylic acid groups (broad SMARTS) is 1. The summed E-state index contributed by atoms with van der Waals surface area (Å²) in [6.07, 6.45) is 2.04. The van der Waals surface area contributed by atoms with Crippen LogP contribution in [0.3, 0.4) is 0 Å². The molecule has 0 radical (unpaired) electrons. The van der Waals surface area contributed by atoms with Gasteiger partial charge in [-0.05, 0) is 54.7 Å². The number of aliphatic carboxylic acids is 1. The van der Waals surface area contributed by atoms with Gasteiger partial charge in [-0.15, -0.1) is 0 Å². The maximum Gasteiger partial charge on any atom is 0.304 e. The van der Waals surface area contributed by atoms with Gasteiger partial charge in [0.1, 0.15) is 9.84 Å². The van der Waals surface area contributed by atoms with Gasteiger partial charge in [0.05, 0.1) is 18.2 Å². The lowest BCUT2D eigenvalue weighted by molar-refractivity contribution is -0.152. The molecule has 1 heterocycles. The van der Waals surface area contributed by atoms with Crippen molar-refractivity contribution in [1.82, 2.24) is 4.90 Å². The Bertz CT molecular complexity index is 1140. The number of amides is 1. The first-order valence-electron chi connectivity index (χ1n) is 11.2. The quantitative estimate of drug-likeness (QED) is 0.475. The molecule has 3 rings (SSSR count). The maximum atomic E-state index is 13.7. The summed E-state index contributed by atoms with van der Waals surface area (Å²) >= 11 is 12.4. The zero-order chi connectivity index (χ0) is 25.0. The molecule has 0 aliphatic carbocycles. The van der Waals surface area contributed by atoms with Crippen LogP contribution in [0.1, 0.15) is 55.7 Å². The standard InChI is InChI=1S/C25H29Cl2NO5S/c1-3-21(11-12-34(2,32)33)28-24(16-7-9-19(26)10-8-16)22(17-5-4-6-20(27)13-17)14-18(25(28)31)15-23(29)30/h4-10,13,18,21-22,24H,3,11-12,14-15H2,1-2H3,(H,29,30). The van der Waals surface area contributed by atoms with Gasteiger partial charge in [0.25, 0.3) is 0 Å².